The molecule has 1 fully saturated rings. The molecule has 1 aromatic carbocycles. The number of aliphatic hydroxyl groups excluding tert-OH is 2. The number of urea groups is 1. The zero-order chi connectivity index (χ0) is 26.3. The number of nitrogens with one attached hydrogen (secondary N) is 2. The number of hydrogen-bond donors (Lipinski definition) is 4. The van der Waals surface area contributed by atoms with Crippen molar-refractivity contribution in [1.82, 2.24) is 25.1 Å². The minimum atomic E-state index is -0.657. The molecule has 192 valence electrons. The Morgan fingerprint density at radius 1 is 1.22 bits per heavy atom. The van der Waals surface area contributed by atoms with E-state index in [0.29, 0.717) is 44.2 Å². The van der Waals surface area contributed by atoms with Crippen LogP contribution in [0.2, 0.25) is 0 Å². The van der Waals surface area contributed by atoms with Crippen LogP contribution in [0.4, 0.5) is 9.59 Å². The predicted molar refractivity (Wildman–Crippen MR) is 137 cm³/mol. The Morgan fingerprint density at radius 3 is 2.78 bits per heavy atom. The van der Waals surface area contributed by atoms with Gasteiger partial charge in [0.05, 0.1) is 39.4 Å². The first kappa shape index (κ1) is 24.7. The fourth-order valence-electron chi connectivity index (χ4n) is 4.56. The van der Waals surface area contributed by atoms with E-state index < -0.39 is 24.2 Å². The summed E-state index contributed by atoms with van der Waals surface area (Å²) in [6.07, 6.45) is 1.28. The summed E-state index contributed by atoms with van der Waals surface area (Å²) in [4.78, 5) is 43.5. The molecule has 4 N–H and O–H groups in total. The lowest BCUT2D eigenvalue weighted by Crippen LogP contribution is -2.40. The van der Waals surface area contributed by atoms with E-state index in [2.05, 4.69) is 15.6 Å². The van der Waals surface area contributed by atoms with Gasteiger partial charge in [0.2, 0.25) is 0 Å². The zero-order valence-electron chi connectivity index (χ0n) is 20.1. The predicted octanol–water partition coefficient (Wildman–Crippen LogP) is 2.82. The molecule has 4 amide bonds. The first-order valence-electron chi connectivity index (χ1n) is 11.6. The third kappa shape index (κ3) is 4.61. The number of fused-ring (bicyclic) bond motifs is 2. The van der Waals surface area contributed by atoms with Gasteiger partial charge in [0.25, 0.3) is 5.91 Å². The van der Waals surface area contributed by atoms with Crippen molar-refractivity contribution in [2.75, 3.05) is 20.2 Å². The maximum Gasteiger partial charge on any atom is 0.334 e. The maximum atomic E-state index is 13.1. The Hall–Kier alpha value is -4.00. The van der Waals surface area contributed by atoms with Gasteiger partial charge in [-0.05, 0) is 43.7 Å². The SMILES string of the molecule is CNC(=O)NC(=O)n1c(C)cc2cc(Oc3ccnc4cc(C(=O)N5CC(O)CC5CO)sc34)ccc21. The first-order chi connectivity index (χ1) is 17.8. The van der Waals surface area contributed by atoms with Crippen molar-refractivity contribution in [1.29, 1.82) is 0 Å². The number of β-amino-alcohol motifs (C(OH)–C–C–N with tert-alkyl or cyclic N) is 1. The van der Waals surface area contributed by atoms with Crippen LogP contribution in [0, 0.1) is 6.92 Å². The molecule has 37 heavy (non-hydrogen) atoms. The van der Waals surface area contributed by atoms with Gasteiger partial charge >= 0.3 is 12.1 Å². The van der Waals surface area contributed by atoms with E-state index in [1.807, 2.05) is 6.07 Å². The van der Waals surface area contributed by atoms with Crippen LogP contribution in [0.3, 0.4) is 0 Å². The number of aliphatic hydroxyl groups is 2. The van der Waals surface area contributed by atoms with Gasteiger partial charge in [0, 0.05) is 36.9 Å². The molecule has 1 aliphatic heterocycles. The zero-order valence-corrected chi connectivity index (χ0v) is 20.9. The van der Waals surface area contributed by atoms with Crippen molar-refractivity contribution in [3.8, 4) is 11.5 Å². The second-order valence-corrected chi connectivity index (χ2v) is 9.82. The number of imide groups is 1. The Morgan fingerprint density at radius 2 is 2.03 bits per heavy atom. The monoisotopic (exact) mass is 523 g/mol. The highest BCUT2D eigenvalue weighted by atomic mass is 32.1. The quantitative estimate of drug-likeness (QED) is 0.322. The summed E-state index contributed by atoms with van der Waals surface area (Å²) in [6, 6.07) is 8.86. The van der Waals surface area contributed by atoms with Crippen molar-refractivity contribution in [3.63, 3.8) is 0 Å². The molecule has 4 heterocycles. The molecule has 0 radical (unpaired) electrons. The number of nitrogens with zero attached hydrogens (tertiary/aromatic N) is 3. The molecule has 0 saturated carbocycles. The van der Waals surface area contributed by atoms with Crippen LogP contribution in [0.15, 0.2) is 42.6 Å². The molecule has 0 bridgehead atoms. The minimum absolute atomic E-state index is 0.176. The van der Waals surface area contributed by atoms with Crippen LogP contribution in [-0.4, -0.2) is 75.0 Å². The van der Waals surface area contributed by atoms with Crippen LogP contribution in [0.1, 0.15) is 21.8 Å². The van der Waals surface area contributed by atoms with Gasteiger partial charge in [-0.3, -0.25) is 19.7 Å². The smallest absolute Gasteiger partial charge is 0.334 e. The number of benzene rings is 1. The Balaban J connectivity index is 1.42. The summed E-state index contributed by atoms with van der Waals surface area (Å²) in [7, 11) is 1.43. The van der Waals surface area contributed by atoms with Crippen LogP contribution < -0.4 is 15.4 Å². The number of rotatable bonds is 4. The Kier molecular flexibility index (Phi) is 6.54. The molecule has 5 rings (SSSR count). The molecule has 11 nitrogen and oxygen atoms in total. The van der Waals surface area contributed by atoms with Crippen molar-refractivity contribution < 1.29 is 29.3 Å². The topological polar surface area (TPSA) is 146 Å². The summed E-state index contributed by atoms with van der Waals surface area (Å²) in [6.45, 7) is 1.73. The van der Waals surface area contributed by atoms with Gasteiger partial charge in [-0.2, -0.15) is 0 Å². The maximum absolute atomic E-state index is 13.1. The Bertz CT molecular complexity index is 1530. The molecule has 3 aromatic heterocycles. The number of aryl methyl sites for hydroxylation is 1. The molecular weight excluding hydrogens is 498 g/mol. The molecule has 0 spiro atoms. The normalized spacial score (nSPS) is 17.4. The van der Waals surface area contributed by atoms with E-state index in [1.54, 1.807) is 43.5 Å². The second kappa shape index (κ2) is 9.81. The van der Waals surface area contributed by atoms with E-state index in [9.17, 15) is 24.6 Å². The van der Waals surface area contributed by atoms with Crippen molar-refractivity contribution >= 4 is 50.4 Å². The average Bonchev–Trinajstić information content (AvgIpc) is 3.57. The number of aromatic nitrogens is 2. The van der Waals surface area contributed by atoms with E-state index in [-0.39, 0.29) is 19.1 Å². The summed E-state index contributed by atoms with van der Waals surface area (Å²) in [5.74, 6) is 0.771. The highest BCUT2D eigenvalue weighted by molar-refractivity contribution is 7.21. The highest BCUT2D eigenvalue weighted by Gasteiger charge is 2.35. The molecular formula is C25H25N5O6S. The lowest BCUT2D eigenvalue weighted by Gasteiger charge is -2.21. The number of ether oxygens (including phenoxy) is 1. The van der Waals surface area contributed by atoms with E-state index in [1.165, 1.54) is 27.9 Å². The van der Waals surface area contributed by atoms with Gasteiger partial charge in [-0.1, -0.05) is 0 Å². The van der Waals surface area contributed by atoms with Crippen molar-refractivity contribution in [2.45, 2.75) is 25.5 Å². The van der Waals surface area contributed by atoms with Crippen LogP contribution in [0.5, 0.6) is 11.5 Å². The van der Waals surface area contributed by atoms with E-state index in [4.69, 9.17) is 4.74 Å². The van der Waals surface area contributed by atoms with Gasteiger partial charge in [-0.15, -0.1) is 11.3 Å². The van der Waals surface area contributed by atoms with Gasteiger partial charge < -0.3 is 25.2 Å². The van der Waals surface area contributed by atoms with Crippen molar-refractivity contribution in [3.05, 3.63) is 53.2 Å². The molecule has 0 aliphatic carbocycles. The molecule has 1 aliphatic rings. The number of carbonyl (C=O) groups is 3. The third-order valence-corrected chi connectivity index (χ3v) is 7.41. The summed E-state index contributed by atoms with van der Waals surface area (Å²) < 4.78 is 8.25. The fraction of sp³-hybridized carbons (Fsp3) is 0.280. The average molecular weight is 524 g/mol. The van der Waals surface area contributed by atoms with Gasteiger partial charge in [0.15, 0.2) is 0 Å². The fourth-order valence-corrected chi connectivity index (χ4v) is 5.58. The molecule has 2 unspecified atom stereocenters. The second-order valence-electron chi connectivity index (χ2n) is 8.77. The van der Waals surface area contributed by atoms with Crippen molar-refractivity contribution in [2.24, 2.45) is 0 Å². The standard InChI is InChI=1S/C25H25N5O6S/c1-13-7-14-8-17(3-4-19(14)30(13)25(35)28-24(34)26-2)36-20-5-6-27-18-10-21(37-22(18)20)23(33)29-11-16(32)9-15(29)12-31/h3-8,10,15-16,31-32H,9,11-12H2,1-2H3,(H2,26,28,34,35). The number of carbonyl (C=O) groups excluding carboxylic acids is 3. The molecule has 2 atom stereocenters. The van der Waals surface area contributed by atoms with E-state index in [0.717, 1.165) is 5.39 Å². The number of likely N-dealkylation sites (tertiary alicyclic amines) is 1. The van der Waals surface area contributed by atoms with Gasteiger partial charge in [0.1, 0.15) is 11.5 Å². The highest BCUT2D eigenvalue weighted by Crippen LogP contribution is 2.37. The number of thiophene rings is 1. The summed E-state index contributed by atoms with van der Waals surface area (Å²) in [5.41, 5.74) is 1.86. The Labute approximate surface area is 215 Å². The lowest BCUT2D eigenvalue weighted by molar-refractivity contribution is 0.0670. The van der Waals surface area contributed by atoms with Crippen LogP contribution in [0.25, 0.3) is 21.1 Å². The van der Waals surface area contributed by atoms with Crippen LogP contribution >= 0.6 is 11.3 Å². The molecule has 4 aromatic rings. The summed E-state index contributed by atoms with van der Waals surface area (Å²) >= 11 is 1.24. The number of amides is 4. The minimum Gasteiger partial charge on any atom is -0.456 e. The third-order valence-electron chi connectivity index (χ3n) is 6.29. The van der Waals surface area contributed by atoms with Gasteiger partial charge in [-0.25, -0.2) is 9.59 Å². The van der Waals surface area contributed by atoms with Crippen LogP contribution in [-0.2, 0) is 0 Å². The lowest BCUT2D eigenvalue weighted by atomic mass is 10.2. The molecule has 12 heteroatoms. The molecule has 1 saturated heterocycles. The first-order valence-corrected chi connectivity index (χ1v) is 12.4. The number of hydrogen-bond acceptors (Lipinski definition) is 8. The van der Waals surface area contributed by atoms with E-state index >= 15 is 0 Å². The largest absolute Gasteiger partial charge is 0.456 e. The summed E-state index contributed by atoms with van der Waals surface area (Å²) in [5, 5.41) is 24.9. The number of pyridine rings is 1.